The summed E-state index contributed by atoms with van der Waals surface area (Å²) in [5.41, 5.74) is -0.800. The highest BCUT2D eigenvalue weighted by Gasteiger charge is 2.41. The van der Waals surface area contributed by atoms with E-state index in [1.165, 1.54) is 11.3 Å². The van der Waals surface area contributed by atoms with Gasteiger partial charge in [0.15, 0.2) is 5.82 Å². The summed E-state index contributed by atoms with van der Waals surface area (Å²) in [5, 5.41) is 10.5. The summed E-state index contributed by atoms with van der Waals surface area (Å²) in [5.74, 6) is 2.26. The average Bonchev–Trinajstić information content (AvgIpc) is 3.39. The molecule has 2 heterocycles. The summed E-state index contributed by atoms with van der Waals surface area (Å²) in [6.45, 7) is 3.72. The van der Waals surface area contributed by atoms with Crippen molar-refractivity contribution in [3.05, 3.63) is 29.2 Å². The van der Waals surface area contributed by atoms with Crippen molar-refractivity contribution in [2.24, 2.45) is 0 Å². The summed E-state index contributed by atoms with van der Waals surface area (Å²) in [7, 11) is -3.55. The topological polar surface area (TPSA) is 76.9 Å². The molecule has 2 saturated carbocycles. The average molecular weight is 352 g/mol. The van der Waals surface area contributed by atoms with Crippen LogP contribution in [-0.4, -0.2) is 23.2 Å². The van der Waals surface area contributed by atoms with E-state index < -0.39 is 15.6 Å². The summed E-state index contributed by atoms with van der Waals surface area (Å²) in [6, 6.07) is 3.79. The zero-order valence-electron chi connectivity index (χ0n) is 13.2. The lowest BCUT2D eigenvalue weighted by atomic mass is 10.1. The van der Waals surface area contributed by atoms with Crippen LogP contribution in [0, 0.1) is 0 Å². The molecule has 2 aromatic rings. The molecular formula is C15H20N4O2S2. The number of rotatable bonds is 6. The van der Waals surface area contributed by atoms with E-state index in [1.54, 1.807) is 17.5 Å². The lowest BCUT2D eigenvalue weighted by molar-refractivity contribution is 0.421. The molecule has 0 aromatic carbocycles. The van der Waals surface area contributed by atoms with Crippen LogP contribution in [0.5, 0.6) is 0 Å². The van der Waals surface area contributed by atoms with Crippen LogP contribution in [0.4, 0.5) is 0 Å². The van der Waals surface area contributed by atoms with E-state index in [0.29, 0.717) is 16.2 Å². The summed E-state index contributed by atoms with van der Waals surface area (Å²) >= 11 is 1.22. The van der Waals surface area contributed by atoms with Gasteiger partial charge in [-0.3, -0.25) is 0 Å². The van der Waals surface area contributed by atoms with Gasteiger partial charge >= 0.3 is 0 Å². The van der Waals surface area contributed by atoms with Gasteiger partial charge in [-0.15, -0.1) is 21.5 Å². The number of hydrogen-bond donors (Lipinski definition) is 1. The van der Waals surface area contributed by atoms with Crippen LogP contribution in [0.15, 0.2) is 21.7 Å². The first-order valence-corrected chi connectivity index (χ1v) is 10.3. The highest BCUT2D eigenvalue weighted by molar-refractivity contribution is 7.91. The molecule has 8 heteroatoms. The van der Waals surface area contributed by atoms with Gasteiger partial charge in [-0.05, 0) is 51.0 Å². The van der Waals surface area contributed by atoms with Crippen molar-refractivity contribution in [3.63, 3.8) is 0 Å². The molecule has 0 spiro atoms. The molecule has 1 N–H and O–H groups in total. The van der Waals surface area contributed by atoms with Crippen molar-refractivity contribution < 1.29 is 8.42 Å². The summed E-state index contributed by atoms with van der Waals surface area (Å²) in [4.78, 5) is 0. The van der Waals surface area contributed by atoms with E-state index in [9.17, 15) is 8.42 Å². The van der Waals surface area contributed by atoms with Gasteiger partial charge in [0.25, 0.3) is 10.0 Å². The van der Waals surface area contributed by atoms with Crippen LogP contribution in [0.1, 0.15) is 63.1 Å². The van der Waals surface area contributed by atoms with Crippen molar-refractivity contribution in [3.8, 4) is 0 Å². The van der Waals surface area contributed by atoms with Gasteiger partial charge in [0.1, 0.15) is 10.0 Å². The highest BCUT2D eigenvalue weighted by Crippen LogP contribution is 2.46. The van der Waals surface area contributed by atoms with Crippen LogP contribution in [0.3, 0.4) is 0 Å². The third kappa shape index (κ3) is 2.83. The fourth-order valence-electron chi connectivity index (χ4n) is 2.89. The number of aromatic nitrogens is 3. The fraction of sp³-hybridized carbons (Fsp3) is 0.600. The van der Waals surface area contributed by atoms with E-state index in [1.807, 2.05) is 13.8 Å². The Bertz CT molecular complexity index is 816. The molecule has 0 radical (unpaired) electrons. The Hall–Kier alpha value is -1.25. The largest absolute Gasteiger partial charge is 0.310 e. The third-order valence-corrected chi connectivity index (χ3v) is 7.34. The van der Waals surface area contributed by atoms with Gasteiger partial charge in [0, 0.05) is 12.0 Å². The van der Waals surface area contributed by atoms with Crippen LogP contribution >= 0.6 is 11.3 Å². The molecule has 23 heavy (non-hydrogen) atoms. The minimum atomic E-state index is -3.55. The molecule has 0 amide bonds. The Kier molecular flexibility index (Phi) is 3.40. The molecule has 0 bridgehead atoms. The predicted octanol–water partition coefficient (Wildman–Crippen LogP) is 2.77. The lowest BCUT2D eigenvalue weighted by Crippen LogP contribution is -2.42. The highest BCUT2D eigenvalue weighted by atomic mass is 32.2. The quantitative estimate of drug-likeness (QED) is 0.867. The van der Waals surface area contributed by atoms with Crippen molar-refractivity contribution in [2.75, 3.05) is 0 Å². The molecule has 0 saturated heterocycles. The second-order valence-corrected chi connectivity index (χ2v) is 9.78. The second kappa shape index (κ2) is 5.12. The maximum Gasteiger partial charge on any atom is 0.250 e. The van der Waals surface area contributed by atoms with E-state index in [4.69, 9.17) is 0 Å². The molecule has 124 valence electrons. The van der Waals surface area contributed by atoms with E-state index in [-0.39, 0.29) is 0 Å². The van der Waals surface area contributed by atoms with Crippen molar-refractivity contribution in [1.29, 1.82) is 0 Å². The number of thiophene rings is 1. The lowest BCUT2D eigenvalue weighted by Gasteiger charge is -2.25. The number of sulfonamides is 1. The first kappa shape index (κ1) is 15.3. The van der Waals surface area contributed by atoms with Crippen LogP contribution in [-0.2, 0) is 15.6 Å². The number of hydrogen-bond acceptors (Lipinski definition) is 5. The molecule has 0 unspecified atom stereocenters. The monoisotopic (exact) mass is 352 g/mol. The van der Waals surface area contributed by atoms with E-state index >= 15 is 0 Å². The van der Waals surface area contributed by atoms with Gasteiger partial charge in [-0.2, -0.15) is 4.72 Å². The first-order valence-electron chi connectivity index (χ1n) is 7.91. The first-order chi connectivity index (χ1) is 10.9. The van der Waals surface area contributed by atoms with Crippen LogP contribution in [0.25, 0.3) is 0 Å². The Morgan fingerprint density at radius 1 is 1.26 bits per heavy atom. The van der Waals surface area contributed by atoms with Crippen LogP contribution < -0.4 is 4.72 Å². The maximum atomic E-state index is 12.6. The standard InChI is InChI=1S/C15H20N4O2S2/c1-15(2,18-23(20,21)12-4-3-9-22-12)14-17-16-13(10-5-6-10)19(14)11-7-8-11/h3-4,9-11,18H,5-8H2,1-2H3. The van der Waals surface area contributed by atoms with Crippen molar-refractivity contribution >= 4 is 21.4 Å². The molecular weight excluding hydrogens is 332 g/mol. The van der Waals surface area contributed by atoms with Crippen molar-refractivity contribution in [2.45, 2.75) is 61.2 Å². The Morgan fingerprint density at radius 3 is 2.57 bits per heavy atom. The Balaban J connectivity index is 1.69. The van der Waals surface area contributed by atoms with Gasteiger partial charge in [-0.1, -0.05) is 6.07 Å². The minimum Gasteiger partial charge on any atom is -0.310 e. The molecule has 0 atom stereocenters. The van der Waals surface area contributed by atoms with Crippen molar-refractivity contribution in [1.82, 2.24) is 19.5 Å². The van der Waals surface area contributed by atoms with Gasteiger partial charge in [0.2, 0.25) is 0 Å². The Labute approximate surface area is 140 Å². The van der Waals surface area contributed by atoms with Gasteiger partial charge in [-0.25, -0.2) is 8.42 Å². The zero-order valence-corrected chi connectivity index (χ0v) is 14.8. The molecule has 2 aliphatic rings. The molecule has 2 fully saturated rings. The predicted molar refractivity (Wildman–Crippen MR) is 87.9 cm³/mol. The smallest absolute Gasteiger partial charge is 0.250 e. The Morgan fingerprint density at radius 2 is 2.00 bits per heavy atom. The van der Waals surface area contributed by atoms with Gasteiger partial charge < -0.3 is 4.57 Å². The third-order valence-electron chi connectivity index (χ3n) is 4.29. The van der Waals surface area contributed by atoms with E-state index in [0.717, 1.165) is 37.3 Å². The fourth-order valence-corrected chi connectivity index (χ4v) is 5.26. The van der Waals surface area contributed by atoms with Crippen LogP contribution in [0.2, 0.25) is 0 Å². The SMILES string of the molecule is CC(C)(NS(=O)(=O)c1cccs1)c1nnc(C2CC2)n1C1CC1. The number of nitrogens with one attached hydrogen (secondary N) is 1. The molecule has 4 rings (SSSR count). The molecule has 0 aliphatic heterocycles. The molecule has 6 nitrogen and oxygen atoms in total. The van der Waals surface area contributed by atoms with Gasteiger partial charge in [0.05, 0.1) is 5.54 Å². The second-order valence-electron chi connectivity index (χ2n) is 6.92. The number of nitrogens with zero attached hydrogens (tertiary/aromatic N) is 3. The molecule has 2 aliphatic carbocycles. The minimum absolute atomic E-state index is 0.325. The maximum absolute atomic E-state index is 12.6. The zero-order chi connectivity index (χ0) is 16.2. The molecule has 2 aromatic heterocycles. The summed E-state index contributed by atoms with van der Waals surface area (Å²) in [6.07, 6.45) is 4.56. The summed E-state index contributed by atoms with van der Waals surface area (Å²) < 4.78 is 30.5. The normalized spacial score (nSPS) is 19.2. The van der Waals surface area contributed by atoms with E-state index in [2.05, 4.69) is 19.5 Å².